The van der Waals surface area contributed by atoms with Gasteiger partial charge in [0.25, 0.3) is 5.69 Å². The number of nitro groups is 1. The summed E-state index contributed by atoms with van der Waals surface area (Å²) < 4.78 is 0. The van der Waals surface area contributed by atoms with Crippen LogP contribution in [-0.4, -0.2) is 16.0 Å². The number of hydrogen-bond acceptors (Lipinski definition) is 3. The highest BCUT2D eigenvalue weighted by Gasteiger charge is 2.17. The average molecular weight is 312 g/mol. The minimum atomic E-state index is -1.26. The van der Waals surface area contributed by atoms with Gasteiger partial charge in [0.1, 0.15) is 0 Å². The smallest absolute Gasteiger partial charge is 0.336 e. The highest BCUT2D eigenvalue weighted by atomic mass is 35.5. The molecule has 0 saturated carbocycles. The molecule has 0 heterocycles. The molecule has 2 aromatic rings. The van der Waals surface area contributed by atoms with Gasteiger partial charge < -0.3 is 5.11 Å². The van der Waals surface area contributed by atoms with Gasteiger partial charge in [-0.25, -0.2) is 4.79 Å². The summed E-state index contributed by atoms with van der Waals surface area (Å²) in [4.78, 5) is 21.3. The van der Waals surface area contributed by atoms with E-state index in [1.807, 2.05) is 0 Å². The van der Waals surface area contributed by atoms with Crippen molar-refractivity contribution in [1.29, 1.82) is 0 Å². The molecule has 102 valence electrons. The van der Waals surface area contributed by atoms with Gasteiger partial charge in [0.15, 0.2) is 0 Å². The van der Waals surface area contributed by atoms with Crippen LogP contribution >= 0.6 is 23.2 Å². The summed E-state index contributed by atoms with van der Waals surface area (Å²) in [5.41, 5.74) is 0.319. The largest absolute Gasteiger partial charge is 0.478 e. The lowest BCUT2D eigenvalue weighted by Gasteiger charge is -2.07. The van der Waals surface area contributed by atoms with Gasteiger partial charge in [-0.3, -0.25) is 10.1 Å². The Morgan fingerprint density at radius 1 is 1.10 bits per heavy atom. The van der Waals surface area contributed by atoms with E-state index in [-0.39, 0.29) is 11.3 Å². The quantitative estimate of drug-likeness (QED) is 0.678. The van der Waals surface area contributed by atoms with Crippen LogP contribution in [0.25, 0.3) is 11.1 Å². The maximum absolute atomic E-state index is 11.3. The fourth-order valence-corrected chi connectivity index (χ4v) is 2.31. The van der Waals surface area contributed by atoms with Gasteiger partial charge >= 0.3 is 5.97 Å². The van der Waals surface area contributed by atoms with Crippen molar-refractivity contribution in [3.8, 4) is 11.1 Å². The van der Waals surface area contributed by atoms with Crippen LogP contribution in [0, 0.1) is 10.1 Å². The zero-order valence-electron chi connectivity index (χ0n) is 9.84. The van der Waals surface area contributed by atoms with Crippen LogP contribution in [0.3, 0.4) is 0 Å². The molecule has 0 aliphatic heterocycles. The molecule has 7 heteroatoms. The number of nitrogens with zero attached hydrogens (tertiary/aromatic N) is 1. The molecule has 0 aliphatic carbocycles. The normalized spacial score (nSPS) is 10.3. The van der Waals surface area contributed by atoms with Gasteiger partial charge in [0, 0.05) is 22.2 Å². The number of non-ortho nitro benzene ring substituents is 1. The Hall–Kier alpha value is -2.11. The van der Waals surface area contributed by atoms with Gasteiger partial charge in [-0.2, -0.15) is 0 Å². The van der Waals surface area contributed by atoms with E-state index in [1.165, 1.54) is 18.2 Å². The first-order valence-corrected chi connectivity index (χ1v) is 6.12. The number of carboxylic acids is 1. The number of halogens is 2. The molecule has 0 radical (unpaired) electrons. The highest BCUT2D eigenvalue weighted by Crippen LogP contribution is 2.31. The number of hydrogen-bond donors (Lipinski definition) is 1. The van der Waals surface area contributed by atoms with Gasteiger partial charge in [0.05, 0.1) is 10.5 Å². The Balaban J connectivity index is 2.67. The first-order chi connectivity index (χ1) is 9.38. The van der Waals surface area contributed by atoms with Crippen LogP contribution in [0.4, 0.5) is 5.69 Å². The number of rotatable bonds is 3. The summed E-state index contributed by atoms with van der Waals surface area (Å²) in [5.74, 6) is -1.26. The maximum atomic E-state index is 11.3. The summed E-state index contributed by atoms with van der Waals surface area (Å²) in [6.45, 7) is 0. The van der Waals surface area contributed by atoms with Gasteiger partial charge in [0.2, 0.25) is 0 Å². The number of aromatic carboxylic acids is 1. The van der Waals surface area contributed by atoms with E-state index in [0.717, 1.165) is 6.07 Å². The van der Waals surface area contributed by atoms with Gasteiger partial charge in [-0.15, -0.1) is 0 Å². The lowest BCUT2D eigenvalue weighted by molar-refractivity contribution is -0.384. The van der Waals surface area contributed by atoms with Crippen LogP contribution in [0.5, 0.6) is 0 Å². The summed E-state index contributed by atoms with van der Waals surface area (Å²) >= 11 is 11.7. The van der Waals surface area contributed by atoms with E-state index >= 15 is 0 Å². The van der Waals surface area contributed by atoms with E-state index in [9.17, 15) is 20.0 Å². The second-order valence-corrected chi connectivity index (χ2v) is 4.82. The molecule has 1 N–H and O–H groups in total. The Morgan fingerprint density at radius 2 is 1.70 bits per heavy atom. The maximum Gasteiger partial charge on any atom is 0.336 e. The number of carboxylic acid groups (broad SMARTS) is 1. The van der Waals surface area contributed by atoms with E-state index < -0.39 is 10.9 Å². The van der Waals surface area contributed by atoms with Crippen LogP contribution in [0.1, 0.15) is 10.4 Å². The van der Waals surface area contributed by atoms with Crippen molar-refractivity contribution < 1.29 is 14.8 Å². The SMILES string of the molecule is O=C(O)c1cc([N+](=O)[O-])ccc1-c1cc(Cl)cc(Cl)c1. The van der Waals surface area contributed by atoms with E-state index in [4.69, 9.17) is 23.2 Å². The molecule has 20 heavy (non-hydrogen) atoms. The Kier molecular flexibility index (Phi) is 3.92. The average Bonchev–Trinajstić information content (AvgIpc) is 2.36. The van der Waals surface area contributed by atoms with Crippen LogP contribution in [0.2, 0.25) is 10.0 Å². The Morgan fingerprint density at radius 3 is 2.20 bits per heavy atom. The van der Waals surface area contributed by atoms with Crippen molar-refractivity contribution in [3.63, 3.8) is 0 Å². The van der Waals surface area contributed by atoms with Gasteiger partial charge in [-0.1, -0.05) is 23.2 Å². The monoisotopic (exact) mass is 311 g/mol. The molecule has 0 bridgehead atoms. The van der Waals surface area contributed by atoms with Crippen LogP contribution < -0.4 is 0 Å². The first kappa shape index (κ1) is 14.3. The van der Waals surface area contributed by atoms with Crippen molar-refractivity contribution in [2.24, 2.45) is 0 Å². The summed E-state index contributed by atoms with van der Waals surface area (Å²) in [6.07, 6.45) is 0. The molecule has 0 atom stereocenters. The molecule has 0 aromatic heterocycles. The van der Waals surface area contributed by atoms with E-state index in [0.29, 0.717) is 21.2 Å². The molecule has 0 aliphatic rings. The minimum absolute atomic E-state index is 0.183. The van der Waals surface area contributed by atoms with Crippen LogP contribution in [0.15, 0.2) is 36.4 Å². The molecule has 0 fully saturated rings. The zero-order valence-corrected chi connectivity index (χ0v) is 11.4. The molecular weight excluding hydrogens is 305 g/mol. The molecule has 2 aromatic carbocycles. The van der Waals surface area contributed by atoms with Crippen molar-refractivity contribution in [2.75, 3.05) is 0 Å². The third kappa shape index (κ3) is 2.89. The predicted octanol–water partition coefficient (Wildman–Crippen LogP) is 4.27. The summed E-state index contributed by atoms with van der Waals surface area (Å²) in [7, 11) is 0. The fraction of sp³-hybridized carbons (Fsp3) is 0. The molecule has 5 nitrogen and oxygen atoms in total. The molecule has 2 rings (SSSR count). The summed E-state index contributed by atoms with van der Waals surface area (Å²) in [5, 5.41) is 20.6. The molecule has 0 amide bonds. The topological polar surface area (TPSA) is 80.4 Å². The van der Waals surface area contributed by atoms with E-state index in [1.54, 1.807) is 12.1 Å². The lowest BCUT2D eigenvalue weighted by atomic mass is 9.99. The second kappa shape index (κ2) is 5.48. The minimum Gasteiger partial charge on any atom is -0.478 e. The Bertz CT molecular complexity index is 695. The van der Waals surface area contributed by atoms with Gasteiger partial charge in [-0.05, 0) is 35.4 Å². The van der Waals surface area contributed by atoms with Crippen molar-refractivity contribution in [1.82, 2.24) is 0 Å². The molecule has 0 unspecified atom stereocenters. The number of benzene rings is 2. The van der Waals surface area contributed by atoms with Crippen LogP contribution in [-0.2, 0) is 0 Å². The number of nitro benzene ring substituents is 1. The number of carbonyl (C=O) groups is 1. The third-order valence-electron chi connectivity index (χ3n) is 2.62. The van der Waals surface area contributed by atoms with Crippen molar-refractivity contribution >= 4 is 34.9 Å². The molecule has 0 saturated heterocycles. The standard InChI is InChI=1S/C13H7Cl2NO4/c14-8-3-7(4-9(15)5-8)11-2-1-10(16(19)20)6-12(11)13(17)18/h1-6H,(H,17,18). The van der Waals surface area contributed by atoms with Crippen molar-refractivity contribution in [2.45, 2.75) is 0 Å². The fourth-order valence-electron chi connectivity index (χ4n) is 1.78. The second-order valence-electron chi connectivity index (χ2n) is 3.95. The zero-order chi connectivity index (χ0) is 14.9. The Labute approximate surface area is 123 Å². The predicted molar refractivity (Wildman–Crippen MR) is 75.5 cm³/mol. The van der Waals surface area contributed by atoms with E-state index in [2.05, 4.69) is 0 Å². The first-order valence-electron chi connectivity index (χ1n) is 5.36. The molecular formula is C13H7Cl2NO4. The summed E-state index contributed by atoms with van der Waals surface area (Å²) in [6, 6.07) is 8.20. The highest BCUT2D eigenvalue weighted by molar-refractivity contribution is 6.35. The third-order valence-corrected chi connectivity index (χ3v) is 3.05. The van der Waals surface area contributed by atoms with Crippen molar-refractivity contribution in [3.05, 3.63) is 62.1 Å². The molecule has 0 spiro atoms. The lowest BCUT2D eigenvalue weighted by Crippen LogP contribution is -2.01.